The SMILES string of the molecule is CCOc1cc(CNCCOc2ccccn2)c(Br)cc1OC(C)C. The minimum atomic E-state index is 0.0961. The maximum absolute atomic E-state index is 5.82. The van der Waals surface area contributed by atoms with E-state index in [-0.39, 0.29) is 6.10 Å². The minimum Gasteiger partial charge on any atom is -0.490 e. The van der Waals surface area contributed by atoms with Gasteiger partial charge in [0, 0.05) is 29.8 Å². The monoisotopic (exact) mass is 408 g/mol. The van der Waals surface area contributed by atoms with Crippen LogP contribution in [0.25, 0.3) is 0 Å². The van der Waals surface area contributed by atoms with Crippen LogP contribution in [0.4, 0.5) is 0 Å². The average Bonchev–Trinajstić information content (AvgIpc) is 2.58. The van der Waals surface area contributed by atoms with Crippen LogP contribution in [0.2, 0.25) is 0 Å². The predicted octanol–water partition coefficient (Wildman–Crippen LogP) is 4.20. The van der Waals surface area contributed by atoms with Crippen molar-refractivity contribution in [1.82, 2.24) is 10.3 Å². The maximum atomic E-state index is 5.82. The number of nitrogens with one attached hydrogen (secondary N) is 1. The maximum Gasteiger partial charge on any atom is 0.213 e. The highest BCUT2D eigenvalue weighted by molar-refractivity contribution is 9.10. The summed E-state index contributed by atoms with van der Waals surface area (Å²) in [4.78, 5) is 4.13. The molecule has 0 unspecified atom stereocenters. The van der Waals surface area contributed by atoms with Crippen molar-refractivity contribution in [2.24, 2.45) is 0 Å². The number of aromatic nitrogens is 1. The van der Waals surface area contributed by atoms with Gasteiger partial charge in [0.1, 0.15) is 6.61 Å². The molecule has 136 valence electrons. The van der Waals surface area contributed by atoms with Crippen molar-refractivity contribution in [2.45, 2.75) is 33.4 Å². The first-order valence-corrected chi connectivity index (χ1v) is 9.26. The van der Waals surface area contributed by atoms with Crippen LogP contribution in [0.15, 0.2) is 41.0 Å². The van der Waals surface area contributed by atoms with E-state index in [0.717, 1.165) is 28.1 Å². The van der Waals surface area contributed by atoms with E-state index in [1.807, 2.05) is 51.1 Å². The summed E-state index contributed by atoms with van der Waals surface area (Å²) in [6, 6.07) is 9.59. The molecule has 0 spiro atoms. The van der Waals surface area contributed by atoms with Gasteiger partial charge in [0.15, 0.2) is 11.5 Å². The van der Waals surface area contributed by atoms with Gasteiger partial charge < -0.3 is 19.5 Å². The molecule has 0 aliphatic carbocycles. The van der Waals surface area contributed by atoms with Crippen LogP contribution >= 0.6 is 15.9 Å². The van der Waals surface area contributed by atoms with Crippen molar-refractivity contribution in [2.75, 3.05) is 19.8 Å². The third kappa shape index (κ3) is 6.55. The highest BCUT2D eigenvalue weighted by atomic mass is 79.9. The first-order valence-electron chi connectivity index (χ1n) is 8.46. The van der Waals surface area contributed by atoms with Gasteiger partial charge in [-0.3, -0.25) is 0 Å². The summed E-state index contributed by atoms with van der Waals surface area (Å²) in [5.41, 5.74) is 1.11. The van der Waals surface area contributed by atoms with Crippen LogP contribution < -0.4 is 19.5 Å². The topological polar surface area (TPSA) is 52.6 Å². The normalized spacial score (nSPS) is 10.8. The largest absolute Gasteiger partial charge is 0.490 e. The fraction of sp³-hybridized carbons (Fsp3) is 0.421. The van der Waals surface area contributed by atoms with Crippen LogP contribution in [-0.2, 0) is 6.54 Å². The summed E-state index contributed by atoms with van der Waals surface area (Å²) < 4.78 is 18.1. The first-order chi connectivity index (χ1) is 12.1. The van der Waals surface area contributed by atoms with E-state index in [4.69, 9.17) is 14.2 Å². The third-order valence-electron chi connectivity index (χ3n) is 3.26. The molecule has 0 aliphatic heterocycles. The summed E-state index contributed by atoms with van der Waals surface area (Å²) in [6.07, 6.45) is 1.81. The molecule has 2 rings (SSSR count). The molecule has 2 aromatic rings. The quantitative estimate of drug-likeness (QED) is 0.597. The number of ether oxygens (including phenoxy) is 3. The molecule has 6 heteroatoms. The molecular weight excluding hydrogens is 384 g/mol. The fourth-order valence-electron chi connectivity index (χ4n) is 2.21. The molecule has 0 fully saturated rings. The van der Waals surface area contributed by atoms with Gasteiger partial charge in [0.05, 0.1) is 12.7 Å². The van der Waals surface area contributed by atoms with Crippen molar-refractivity contribution in [3.05, 3.63) is 46.6 Å². The van der Waals surface area contributed by atoms with E-state index >= 15 is 0 Å². The Morgan fingerprint density at radius 1 is 1.16 bits per heavy atom. The van der Waals surface area contributed by atoms with Crippen molar-refractivity contribution < 1.29 is 14.2 Å². The average molecular weight is 409 g/mol. The fourth-order valence-corrected chi connectivity index (χ4v) is 2.67. The third-order valence-corrected chi connectivity index (χ3v) is 4.00. The van der Waals surface area contributed by atoms with E-state index < -0.39 is 0 Å². The highest BCUT2D eigenvalue weighted by Gasteiger charge is 2.12. The number of halogens is 1. The van der Waals surface area contributed by atoms with E-state index in [9.17, 15) is 0 Å². The van der Waals surface area contributed by atoms with E-state index in [1.54, 1.807) is 6.20 Å². The zero-order chi connectivity index (χ0) is 18.1. The molecule has 0 saturated heterocycles. The van der Waals surface area contributed by atoms with Gasteiger partial charge >= 0.3 is 0 Å². The zero-order valence-corrected chi connectivity index (χ0v) is 16.5. The smallest absolute Gasteiger partial charge is 0.213 e. The molecule has 0 saturated carbocycles. The summed E-state index contributed by atoms with van der Waals surface area (Å²) in [7, 11) is 0. The molecule has 1 aromatic heterocycles. The van der Waals surface area contributed by atoms with Crippen LogP contribution in [-0.4, -0.2) is 30.8 Å². The summed E-state index contributed by atoms with van der Waals surface area (Å²) in [6.45, 7) is 8.54. The Kier molecular flexibility index (Phi) is 8.01. The van der Waals surface area contributed by atoms with Crippen LogP contribution in [0.1, 0.15) is 26.3 Å². The Bertz CT molecular complexity index is 651. The number of rotatable bonds is 10. The standard InChI is InChI=1S/C19H25BrN2O3/c1-4-23-17-11-15(16(20)12-18(17)25-14(2)3)13-21-9-10-24-19-7-5-6-8-22-19/h5-8,11-12,14,21H,4,9-10,13H2,1-3H3. The second-order valence-corrected chi connectivity index (χ2v) is 6.54. The van der Waals surface area contributed by atoms with Gasteiger partial charge in [-0.05, 0) is 44.5 Å². The number of pyridine rings is 1. The minimum absolute atomic E-state index is 0.0961. The number of hydrogen-bond donors (Lipinski definition) is 1. The van der Waals surface area contributed by atoms with Crippen molar-refractivity contribution in [3.63, 3.8) is 0 Å². The molecule has 0 amide bonds. The lowest BCUT2D eigenvalue weighted by atomic mass is 10.2. The molecule has 0 atom stereocenters. The molecule has 0 aliphatic rings. The summed E-state index contributed by atoms with van der Waals surface area (Å²) in [5, 5.41) is 3.36. The Labute approximate surface area is 157 Å². The first kappa shape index (κ1) is 19.5. The molecule has 1 heterocycles. The van der Waals surface area contributed by atoms with Crippen molar-refractivity contribution in [1.29, 1.82) is 0 Å². The Morgan fingerprint density at radius 2 is 2.00 bits per heavy atom. The second kappa shape index (κ2) is 10.3. The van der Waals surface area contributed by atoms with Crippen LogP contribution in [0.3, 0.4) is 0 Å². The lowest BCUT2D eigenvalue weighted by molar-refractivity contribution is 0.223. The lowest BCUT2D eigenvalue weighted by Crippen LogP contribution is -2.21. The van der Waals surface area contributed by atoms with Gasteiger partial charge in [-0.2, -0.15) is 0 Å². The van der Waals surface area contributed by atoms with Gasteiger partial charge in [0.25, 0.3) is 0 Å². The second-order valence-electron chi connectivity index (χ2n) is 5.68. The van der Waals surface area contributed by atoms with Crippen molar-refractivity contribution >= 4 is 15.9 Å². The molecule has 1 aromatic carbocycles. The zero-order valence-electron chi connectivity index (χ0n) is 14.9. The number of nitrogens with zero attached hydrogens (tertiary/aromatic N) is 1. The van der Waals surface area contributed by atoms with E-state index in [1.165, 1.54) is 0 Å². The number of hydrogen-bond acceptors (Lipinski definition) is 5. The van der Waals surface area contributed by atoms with Gasteiger partial charge in [0.2, 0.25) is 5.88 Å². The van der Waals surface area contributed by atoms with Gasteiger partial charge in [-0.1, -0.05) is 22.0 Å². The Hall–Kier alpha value is -1.79. The number of benzene rings is 1. The molecule has 5 nitrogen and oxygen atoms in total. The Morgan fingerprint density at radius 3 is 2.68 bits per heavy atom. The Balaban J connectivity index is 1.89. The molecule has 25 heavy (non-hydrogen) atoms. The van der Waals surface area contributed by atoms with Gasteiger partial charge in [-0.25, -0.2) is 4.98 Å². The summed E-state index contributed by atoms with van der Waals surface area (Å²) >= 11 is 3.61. The lowest BCUT2D eigenvalue weighted by Gasteiger charge is -2.17. The molecule has 0 bridgehead atoms. The van der Waals surface area contributed by atoms with E-state index in [2.05, 4.69) is 26.2 Å². The molecular formula is C19H25BrN2O3. The highest BCUT2D eigenvalue weighted by Crippen LogP contribution is 2.34. The van der Waals surface area contributed by atoms with Crippen LogP contribution in [0.5, 0.6) is 17.4 Å². The van der Waals surface area contributed by atoms with Crippen LogP contribution in [0, 0.1) is 0 Å². The van der Waals surface area contributed by atoms with Crippen molar-refractivity contribution in [3.8, 4) is 17.4 Å². The summed E-state index contributed by atoms with van der Waals surface area (Å²) in [5.74, 6) is 2.16. The predicted molar refractivity (Wildman–Crippen MR) is 103 cm³/mol. The molecule has 1 N–H and O–H groups in total. The van der Waals surface area contributed by atoms with Gasteiger partial charge in [-0.15, -0.1) is 0 Å². The van der Waals surface area contributed by atoms with E-state index in [0.29, 0.717) is 25.6 Å². The molecule has 0 radical (unpaired) electrons.